The lowest BCUT2D eigenvalue weighted by atomic mass is 10.1. The third kappa shape index (κ3) is 5.33. The third-order valence-corrected chi connectivity index (χ3v) is 5.34. The summed E-state index contributed by atoms with van der Waals surface area (Å²) in [5, 5.41) is 0. The third-order valence-electron chi connectivity index (χ3n) is 4.30. The van der Waals surface area contributed by atoms with Gasteiger partial charge in [-0.3, -0.25) is 4.18 Å². The molecule has 4 nitrogen and oxygen atoms in total. The van der Waals surface area contributed by atoms with Gasteiger partial charge in [0.05, 0.1) is 22.8 Å². The highest BCUT2D eigenvalue weighted by molar-refractivity contribution is 7.80. The van der Waals surface area contributed by atoms with Crippen molar-refractivity contribution in [3.63, 3.8) is 0 Å². The molecule has 0 aliphatic heterocycles. The minimum atomic E-state index is -4.39. The highest BCUT2D eigenvalue weighted by atomic mass is 32.2. The lowest BCUT2D eigenvalue weighted by Gasteiger charge is -2.06. The van der Waals surface area contributed by atoms with E-state index >= 15 is 0 Å². The molecule has 29 heavy (non-hydrogen) atoms. The number of nitrogens with zero attached hydrogens (tertiary/aromatic N) is 1. The fraction of sp³-hybridized carbons (Fsp3) is 0.286. The quantitative estimate of drug-likeness (QED) is 0.503. The monoisotopic (exact) mass is 423 g/mol. The van der Waals surface area contributed by atoms with Crippen molar-refractivity contribution in [2.45, 2.75) is 37.8 Å². The van der Waals surface area contributed by atoms with Crippen LogP contribution in [0.15, 0.2) is 57.8 Å². The zero-order valence-electron chi connectivity index (χ0n) is 16.0. The maximum Gasteiger partial charge on any atom is 0.416 e. The van der Waals surface area contributed by atoms with E-state index in [1.54, 1.807) is 12.1 Å². The van der Waals surface area contributed by atoms with Crippen LogP contribution >= 0.6 is 0 Å². The summed E-state index contributed by atoms with van der Waals surface area (Å²) in [6, 6.07) is 11.9. The molecule has 3 rings (SSSR count). The predicted molar refractivity (Wildman–Crippen MR) is 104 cm³/mol. The van der Waals surface area contributed by atoms with E-state index in [2.05, 4.69) is 4.98 Å². The lowest BCUT2D eigenvalue weighted by Crippen LogP contribution is -2.04. The smallest absolute Gasteiger partial charge is 0.416 e. The second-order valence-corrected chi connectivity index (χ2v) is 7.61. The van der Waals surface area contributed by atoms with Crippen LogP contribution in [0.1, 0.15) is 29.5 Å². The van der Waals surface area contributed by atoms with E-state index in [1.165, 1.54) is 12.1 Å². The first-order chi connectivity index (χ1) is 13.8. The number of rotatable bonds is 7. The lowest BCUT2D eigenvalue weighted by molar-refractivity contribution is -0.137. The predicted octanol–water partition coefficient (Wildman–Crippen LogP) is 5.51. The Morgan fingerprint density at radius 1 is 1.07 bits per heavy atom. The fourth-order valence-electron chi connectivity index (χ4n) is 2.71. The molecule has 0 N–H and O–H groups in total. The van der Waals surface area contributed by atoms with Crippen LogP contribution in [0.5, 0.6) is 0 Å². The molecule has 0 radical (unpaired) electrons. The van der Waals surface area contributed by atoms with E-state index in [0.29, 0.717) is 34.8 Å². The molecular weight excluding hydrogens is 403 g/mol. The van der Waals surface area contributed by atoms with E-state index in [-0.39, 0.29) is 12.5 Å². The molecule has 0 bridgehead atoms. The topological polar surface area (TPSA) is 52.3 Å². The molecule has 0 spiro atoms. The van der Waals surface area contributed by atoms with Crippen LogP contribution in [0.2, 0.25) is 0 Å². The number of hydrogen-bond donors (Lipinski definition) is 0. The van der Waals surface area contributed by atoms with E-state index in [0.717, 1.165) is 17.7 Å². The van der Waals surface area contributed by atoms with Gasteiger partial charge in [-0.05, 0) is 43.3 Å². The Hall–Kier alpha value is -2.45. The number of halogens is 3. The van der Waals surface area contributed by atoms with E-state index < -0.39 is 22.8 Å². The molecule has 2 aromatic carbocycles. The van der Waals surface area contributed by atoms with Crippen LogP contribution in [-0.4, -0.2) is 15.8 Å². The molecule has 0 saturated heterocycles. The van der Waals surface area contributed by atoms with Crippen LogP contribution in [0.3, 0.4) is 0 Å². The van der Waals surface area contributed by atoms with Gasteiger partial charge < -0.3 is 4.42 Å². The molecule has 3 aromatic rings. The number of aromatic nitrogens is 1. The van der Waals surface area contributed by atoms with Gasteiger partial charge in [-0.25, -0.2) is 9.19 Å². The average Bonchev–Trinajstić information content (AvgIpc) is 3.11. The van der Waals surface area contributed by atoms with Crippen molar-refractivity contribution in [3.8, 4) is 11.5 Å². The summed E-state index contributed by atoms with van der Waals surface area (Å²) < 4.78 is 61.4. The van der Waals surface area contributed by atoms with Crippen molar-refractivity contribution in [1.82, 2.24) is 4.98 Å². The maximum atomic E-state index is 12.7. The normalized spacial score (nSPS) is 12.9. The molecule has 8 heteroatoms. The molecule has 0 amide bonds. The Morgan fingerprint density at radius 3 is 2.31 bits per heavy atom. The van der Waals surface area contributed by atoms with Crippen molar-refractivity contribution in [1.29, 1.82) is 0 Å². The summed E-state index contributed by atoms with van der Waals surface area (Å²) in [7, 11) is 0. The Balaban J connectivity index is 1.67. The van der Waals surface area contributed by atoms with Gasteiger partial charge in [-0.2, -0.15) is 13.2 Å². The first kappa shape index (κ1) is 21.3. The summed E-state index contributed by atoms with van der Waals surface area (Å²) in [5.41, 5.74) is 1.44. The van der Waals surface area contributed by atoms with Crippen molar-refractivity contribution in [2.24, 2.45) is 0 Å². The molecule has 1 unspecified atom stereocenters. The Bertz CT molecular complexity index is 980. The van der Waals surface area contributed by atoms with Gasteiger partial charge in [0.15, 0.2) is 11.1 Å². The van der Waals surface area contributed by atoms with E-state index in [1.807, 2.05) is 26.0 Å². The minimum Gasteiger partial charge on any atom is -0.441 e. The average molecular weight is 423 g/mol. The minimum absolute atomic E-state index is 0.173. The van der Waals surface area contributed by atoms with Gasteiger partial charge in [0, 0.05) is 18.4 Å². The summed E-state index contributed by atoms with van der Waals surface area (Å²) in [6.07, 6.45) is -3.44. The maximum absolute atomic E-state index is 12.7. The molecule has 154 valence electrons. The van der Waals surface area contributed by atoms with Crippen molar-refractivity contribution >= 4 is 11.1 Å². The molecule has 1 atom stereocenters. The van der Waals surface area contributed by atoms with Crippen molar-refractivity contribution in [2.75, 3.05) is 6.61 Å². The number of alkyl halides is 3. The summed E-state index contributed by atoms with van der Waals surface area (Å²) >= 11 is -1.58. The summed E-state index contributed by atoms with van der Waals surface area (Å²) in [5.74, 6) is 0.884. The van der Waals surface area contributed by atoms with Gasteiger partial charge in [0.1, 0.15) is 5.76 Å². The van der Waals surface area contributed by atoms with Gasteiger partial charge in [0.2, 0.25) is 5.89 Å². The van der Waals surface area contributed by atoms with E-state index in [9.17, 15) is 17.4 Å². The summed E-state index contributed by atoms with van der Waals surface area (Å²) in [4.78, 5) is 4.98. The van der Waals surface area contributed by atoms with Gasteiger partial charge in [-0.15, -0.1) is 0 Å². The number of benzene rings is 2. The number of oxazole rings is 1. The molecule has 1 heterocycles. The second-order valence-electron chi connectivity index (χ2n) is 6.44. The Kier molecular flexibility index (Phi) is 6.54. The fourth-order valence-corrected chi connectivity index (χ4v) is 3.44. The Labute approximate surface area is 169 Å². The van der Waals surface area contributed by atoms with Crippen molar-refractivity contribution in [3.05, 3.63) is 71.1 Å². The first-order valence-corrected chi connectivity index (χ1v) is 10.1. The van der Waals surface area contributed by atoms with Crippen LogP contribution in [-0.2, 0) is 34.3 Å². The van der Waals surface area contributed by atoms with Crippen LogP contribution in [0, 0.1) is 6.92 Å². The molecule has 0 aliphatic carbocycles. The number of hydrogen-bond acceptors (Lipinski definition) is 4. The molecule has 0 aliphatic rings. The first-order valence-electron chi connectivity index (χ1n) is 9.06. The van der Waals surface area contributed by atoms with Gasteiger partial charge >= 0.3 is 6.18 Å². The molecule has 1 aromatic heterocycles. The van der Waals surface area contributed by atoms with Crippen LogP contribution in [0.25, 0.3) is 11.5 Å². The molecule has 0 saturated carbocycles. The molecule has 0 fully saturated rings. The highest BCUT2D eigenvalue weighted by Gasteiger charge is 2.30. The zero-order valence-corrected chi connectivity index (χ0v) is 16.8. The highest BCUT2D eigenvalue weighted by Crippen LogP contribution is 2.31. The second kappa shape index (κ2) is 8.92. The Morgan fingerprint density at radius 2 is 1.72 bits per heavy atom. The SMILES string of the molecule is CCc1oc(-c2ccc(C(F)(F)F)cc2)nc1CCOS(=O)c1ccc(C)cc1. The largest absolute Gasteiger partial charge is 0.441 e. The molecular formula is C21H20F3NO3S. The van der Waals surface area contributed by atoms with Gasteiger partial charge in [-0.1, -0.05) is 24.6 Å². The van der Waals surface area contributed by atoms with E-state index in [4.69, 9.17) is 8.60 Å². The summed E-state index contributed by atoms with van der Waals surface area (Å²) in [6.45, 7) is 4.01. The van der Waals surface area contributed by atoms with Crippen molar-refractivity contribution < 1.29 is 26.0 Å². The van der Waals surface area contributed by atoms with Crippen LogP contribution in [0.4, 0.5) is 13.2 Å². The number of aryl methyl sites for hydroxylation is 2. The van der Waals surface area contributed by atoms with Crippen LogP contribution < -0.4 is 0 Å². The standard InChI is InChI=1S/C21H20F3NO3S/c1-3-19-18(12-13-27-29(26)17-10-4-14(2)5-11-17)25-20(28-19)15-6-8-16(9-7-15)21(22,23)24/h4-11H,3,12-13H2,1-2H3. The van der Waals surface area contributed by atoms with Gasteiger partial charge in [0.25, 0.3) is 0 Å². The zero-order chi connectivity index (χ0) is 21.0.